The molecule has 0 amide bonds. The van der Waals surface area contributed by atoms with E-state index < -0.39 is 20.0 Å². The Hall–Kier alpha value is -2.20. The third kappa shape index (κ3) is 7.61. The zero-order valence-electron chi connectivity index (χ0n) is 33.1. The highest BCUT2D eigenvalue weighted by molar-refractivity contribution is 6.99. The number of hydrogen-bond donors (Lipinski definition) is 1. The number of allylic oxidation sites excluding steroid dienone is 1. The topological polar surface area (TPSA) is 47.9 Å². The Morgan fingerprint density at radius 1 is 0.961 bits per heavy atom. The van der Waals surface area contributed by atoms with Crippen molar-refractivity contribution in [1.82, 2.24) is 0 Å². The molecule has 0 saturated heterocycles. The first kappa shape index (κ1) is 38.5. The fraction of sp³-hybridized carbons (Fsp3) is 0.652. The third-order valence-electron chi connectivity index (χ3n) is 13.6. The van der Waals surface area contributed by atoms with Crippen LogP contribution in [0.15, 0.2) is 72.3 Å². The van der Waals surface area contributed by atoms with Gasteiger partial charge in [-0.05, 0) is 124 Å². The van der Waals surface area contributed by atoms with Gasteiger partial charge in [0.1, 0.15) is 5.60 Å². The summed E-state index contributed by atoms with van der Waals surface area (Å²) in [5, 5.41) is 14.8. The fourth-order valence-corrected chi connectivity index (χ4v) is 15.9. The predicted molar refractivity (Wildman–Crippen MR) is 212 cm³/mol. The molecule has 0 bridgehead atoms. The summed E-state index contributed by atoms with van der Waals surface area (Å²) in [6, 6.07) is 22.0. The molecule has 9 atom stereocenters. The van der Waals surface area contributed by atoms with Gasteiger partial charge in [0.25, 0.3) is 8.32 Å². The molecule has 4 saturated carbocycles. The molecule has 51 heavy (non-hydrogen) atoms. The maximum Gasteiger partial charge on any atom is 0.261 e. The van der Waals surface area contributed by atoms with Crippen LogP contribution in [0.3, 0.4) is 0 Å². The van der Waals surface area contributed by atoms with Crippen molar-refractivity contribution in [3.05, 3.63) is 72.3 Å². The summed E-state index contributed by atoms with van der Waals surface area (Å²) < 4.78 is 19.2. The lowest BCUT2D eigenvalue weighted by atomic mass is 9.60. The van der Waals surface area contributed by atoms with Gasteiger partial charge in [-0.25, -0.2) is 0 Å². The Morgan fingerprint density at radius 3 is 2.22 bits per heavy atom. The quantitative estimate of drug-likeness (QED) is 0.103. The van der Waals surface area contributed by atoms with Crippen LogP contribution < -0.4 is 10.4 Å². The number of aliphatic hydroxyl groups excluding tert-OH is 1. The Kier molecular flexibility index (Phi) is 11.3. The van der Waals surface area contributed by atoms with Crippen LogP contribution >= 0.6 is 0 Å². The summed E-state index contributed by atoms with van der Waals surface area (Å²) in [7, 11) is -2.63. The molecular weight excluding hydrogens is 645 g/mol. The fourth-order valence-electron chi connectivity index (χ4n) is 11.2. The van der Waals surface area contributed by atoms with E-state index >= 15 is 0 Å². The van der Waals surface area contributed by atoms with Crippen molar-refractivity contribution in [3.8, 4) is 11.8 Å². The Morgan fingerprint density at radius 2 is 1.61 bits per heavy atom. The SMILES string of the molecule is CCOC(C)OC(C)(C)C#CC[C@@H](C)[C@H]1CC[C@@H]2/C(=C/[C@@H](O)[C@]34C[C@@H](O[Si](c5ccccc5)(c5ccccc5)C(C)(C)C)C[C@H]3C4)CCC[C@@]21C. The van der Waals surface area contributed by atoms with Crippen LogP contribution in [0, 0.1) is 46.3 Å². The first-order valence-corrected chi connectivity index (χ1v) is 22.0. The smallest absolute Gasteiger partial charge is 0.261 e. The van der Waals surface area contributed by atoms with E-state index in [9.17, 15) is 5.11 Å². The van der Waals surface area contributed by atoms with Gasteiger partial charge in [0, 0.05) is 24.5 Å². The van der Waals surface area contributed by atoms with Gasteiger partial charge in [-0.1, -0.05) is 119 Å². The summed E-state index contributed by atoms with van der Waals surface area (Å²) in [4.78, 5) is 0. The molecule has 0 heterocycles. The average molecular weight is 711 g/mol. The number of rotatable bonds is 12. The molecule has 0 radical (unpaired) electrons. The Bertz CT molecular complexity index is 1530. The van der Waals surface area contributed by atoms with Crippen molar-refractivity contribution < 1.29 is 19.0 Å². The molecule has 0 spiro atoms. The molecule has 1 unspecified atom stereocenters. The second kappa shape index (κ2) is 14.9. The molecule has 2 aromatic rings. The summed E-state index contributed by atoms with van der Waals surface area (Å²) in [5.74, 6) is 9.19. The minimum atomic E-state index is -2.63. The molecule has 1 N–H and O–H groups in total. The highest BCUT2D eigenvalue weighted by atomic mass is 28.4. The molecule has 2 aromatic carbocycles. The van der Waals surface area contributed by atoms with Crippen LogP contribution in [0.4, 0.5) is 0 Å². The van der Waals surface area contributed by atoms with E-state index in [-0.39, 0.29) is 28.3 Å². The lowest BCUT2D eigenvalue weighted by Crippen LogP contribution is -2.67. The van der Waals surface area contributed by atoms with Gasteiger partial charge in [-0.2, -0.15) is 0 Å². The Labute approximate surface area is 311 Å². The number of fused-ring (bicyclic) bond motifs is 2. The van der Waals surface area contributed by atoms with Crippen LogP contribution in [0.2, 0.25) is 5.04 Å². The highest BCUT2D eigenvalue weighted by Gasteiger charge is 2.65. The summed E-state index contributed by atoms with van der Waals surface area (Å²) in [6.07, 6.45) is 12.0. The van der Waals surface area contributed by atoms with Gasteiger partial charge in [0.05, 0.1) is 6.10 Å². The van der Waals surface area contributed by atoms with Crippen molar-refractivity contribution in [2.45, 2.75) is 149 Å². The molecule has 4 fully saturated rings. The molecule has 5 heteroatoms. The van der Waals surface area contributed by atoms with Crippen LogP contribution in [-0.4, -0.2) is 44.1 Å². The molecular formula is C46H66O4Si. The molecule has 4 aliphatic carbocycles. The minimum absolute atomic E-state index is 0.0354. The average Bonchev–Trinajstić information content (AvgIpc) is 3.45. The molecule has 4 nitrogen and oxygen atoms in total. The van der Waals surface area contributed by atoms with Crippen LogP contribution in [-0.2, 0) is 13.9 Å². The van der Waals surface area contributed by atoms with E-state index in [1.807, 2.05) is 27.7 Å². The first-order chi connectivity index (χ1) is 24.1. The third-order valence-corrected chi connectivity index (χ3v) is 18.6. The number of benzene rings is 2. The molecule has 6 rings (SSSR count). The normalized spacial score (nSPS) is 31.7. The van der Waals surface area contributed by atoms with Crippen LogP contribution in [0.25, 0.3) is 0 Å². The van der Waals surface area contributed by atoms with Crippen molar-refractivity contribution >= 4 is 18.7 Å². The van der Waals surface area contributed by atoms with Crippen molar-refractivity contribution in [2.75, 3.05) is 6.61 Å². The van der Waals surface area contributed by atoms with Gasteiger partial charge in [0.2, 0.25) is 0 Å². The number of hydrogen-bond acceptors (Lipinski definition) is 4. The first-order valence-electron chi connectivity index (χ1n) is 20.1. The second-order valence-corrected chi connectivity index (χ2v) is 22.6. The standard InChI is InChI=1S/C46H66O4Si/c1-10-48-34(3)49-44(7,8)27-17-19-33(2)40-25-26-41-35(20-18-28-45(40,41)9)29-42(47)46-31-36(46)30-37(32-46)50-51(43(4,5)6,38-21-13-11-14-22-38)39-23-15-12-16-24-39/h11-16,21-24,29,33-34,36-37,40-42,47H,10,18-20,25-26,28,30-32H2,1-9H3/b35-29+/t33-,34?,36+,37+,40-,41-,42-,45-,46-/m1/s1. The molecule has 4 aliphatic rings. The second-order valence-electron chi connectivity index (χ2n) is 18.4. The molecule has 0 aliphatic heterocycles. The van der Waals surface area contributed by atoms with Crippen LogP contribution in [0.5, 0.6) is 0 Å². The Balaban J connectivity index is 1.15. The largest absolute Gasteiger partial charge is 0.404 e. The summed E-state index contributed by atoms with van der Waals surface area (Å²) in [5.41, 5.74) is 1.24. The van der Waals surface area contributed by atoms with E-state index in [4.69, 9.17) is 13.9 Å². The minimum Gasteiger partial charge on any atom is -0.404 e. The molecule has 0 aromatic heterocycles. The summed E-state index contributed by atoms with van der Waals surface area (Å²) >= 11 is 0. The van der Waals surface area contributed by atoms with Gasteiger partial charge >= 0.3 is 0 Å². The summed E-state index contributed by atoms with van der Waals surface area (Å²) in [6.45, 7) is 20.7. The van der Waals surface area contributed by atoms with Gasteiger partial charge in [-0.3, -0.25) is 0 Å². The lowest BCUT2D eigenvalue weighted by Gasteiger charge is -2.45. The number of aliphatic hydroxyl groups is 1. The van der Waals surface area contributed by atoms with Gasteiger partial charge in [0.15, 0.2) is 6.29 Å². The monoisotopic (exact) mass is 710 g/mol. The predicted octanol–water partition coefficient (Wildman–Crippen LogP) is 9.44. The van der Waals surface area contributed by atoms with Gasteiger partial charge < -0.3 is 19.0 Å². The maximum atomic E-state index is 12.1. The lowest BCUT2D eigenvalue weighted by molar-refractivity contribution is -0.169. The van der Waals surface area contributed by atoms with Crippen molar-refractivity contribution in [3.63, 3.8) is 0 Å². The number of ether oxygens (including phenoxy) is 2. The van der Waals surface area contributed by atoms with E-state index in [0.717, 1.165) is 32.1 Å². The van der Waals surface area contributed by atoms with E-state index in [1.165, 1.54) is 41.6 Å². The van der Waals surface area contributed by atoms with E-state index in [0.29, 0.717) is 30.3 Å². The van der Waals surface area contributed by atoms with E-state index in [1.54, 1.807) is 0 Å². The molecule has 278 valence electrons. The maximum absolute atomic E-state index is 12.1. The zero-order valence-corrected chi connectivity index (χ0v) is 34.1. The van der Waals surface area contributed by atoms with Crippen molar-refractivity contribution in [1.29, 1.82) is 0 Å². The zero-order chi connectivity index (χ0) is 36.7. The van der Waals surface area contributed by atoms with Crippen LogP contribution in [0.1, 0.15) is 120 Å². The highest BCUT2D eigenvalue weighted by Crippen LogP contribution is 2.67. The van der Waals surface area contributed by atoms with E-state index in [2.05, 4.69) is 113 Å². The van der Waals surface area contributed by atoms with Crippen molar-refractivity contribution in [2.24, 2.45) is 34.5 Å². The van der Waals surface area contributed by atoms with Gasteiger partial charge in [-0.15, -0.1) is 0 Å².